The van der Waals surface area contributed by atoms with E-state index in [0.29, 0.717) is 11.8 Å². The maximum atomic E-state index is 12.2. The molecule has 2 aliphatic carbocycles. The Balaban J connectivity index is 1.95. The molecule has 0 N–H and O–H groups in total. The normalized spacial score (nSPS) is 30.8. The van der Waals surface area contributed by atoms with E-state index in [9.17, 15) is 4.79 Å². The van der Waals surface area contributed by atoms with Gasteiger partial charge in [-0.3, -0.25) is 4.79 Å². The van der Waals surface area contributed by atoms with Crippen molar-refractivity contribution < 1.29 is 9.53 Å². The highest BCUT2D eigenvalue weighted by Gasteiger charge is 2.42. The number of carbonyl (C=O) groups excluding carboxylic acids is 1. The topological polar surface area (TPSA) is 26.3 Å². The highest BCUT2D eigenvalue weighted by molar-refractivity contribution is 5.76. The third-order valence-electron chi connectivity index (χ3n) is 4.14. The molecule has 0 saturated heterocycles. The van der Waals surface area contributed by atoms with Crippen molar-refractivity contribution in [1.82, 2.24) is 0 Å². The zero-order valence-corrected chi connectivity index (χ0v) is 12.3. The summed E-state index contributed by atoms with van der Waals surface area (Å²) in [6, 6.07) is 0. The maximum absolute atomic E-state index is 12.2. The molecule has 0 aromatic heterocycles. The predicted octanol–water partition coefficient (Wildman–Crippen LogP) is 3.96. The van der Waals surface area contributed by atoms with Gasteiger partial charge in [0.05, 0.1) is 5.41 Å². The van der Waals surface area contributed by atoms with Crippen molar-refractivity contribution in [3.05, 3.63) is 12.2 Å². The fourth-order valence-electron chi connectivity index (χ4n) is 3.28. The van der Waals surface area contributed by atoms with Gasteiger partial charge in [-0.25, -0.2) is 0 Å². The van der Waals surface area contributed by atoms with Crippen molar-refractivity contribution in [2.24, 2.45) is 23.2 Å². The number of fused-ring (bicyclic) bond motifs is 2. The minimum absolute atomic E-state index is 0.0539. The van der Waals surface area contributed by atoms with Crippen LogP contribution >= 0.6 is 0 Å². The first-order chi connectivity index (χ1) is 8.17. The Labute approximate surface area is 111 Å². The van der Waals surface area contributed by atoms with Crippen molar-refractivity contribution >= 4 is 5.97 Å². The Hall–Kier alpha value is -0.790. The van der Waals surface area contributed by atoms with Gasteiger partial charge in [-0.2, -0.15) is 0 Å². The predicted molar refractivity (Wildman–Crippen MR) is 73.1 cm³/mol. The molecular weight excluding hydrogens is 224 g/mol. The monoisotopic (exact) mass is 250 g/mol. The first kappa shape index (κ1) is 13.6. The summed E-state index contributed by atoms with van der Waals surface area (Å²) in [5.41, 5.74) is -0.751. The fraction of sp³-hybridized carbons (Fsp3) is 0.812. The lowest BCUT2D eigenvalue weighted by Gasteiger charge is -2.32. The Morgan fingerprint density at radius 1 is 1.17 bits per heavy atom. The molecule has 2 rings (SSSR count). The van der Waals surface area contributed by atoms with E-state index in [2.05, 4.69) is 12.2 Å². The number of esters is 1. The lowest BCUT2D eigenvalue weighted by atomic mass is 9.77. The van der Waals surface area contributed by atoms with Crippen LogP contribution in [0, 0.1) is 23.2 Å². The standard InChI is InChI=1S/C16H26O2/c1-15(2,3)18-14(17)16(4,5)10-13-9-11-6-7-12(13)8-11/h6-7,11-13H,8-10H2,1-5H3. The van der Waals surface area contributed by atoms with Gasteiger partial charge in [-0.05, 0) is 71.6 Å². The van der Waals surface area contributed by atoms with E-state index in [1.165, 1.54) is 12.8 Å². The van der Waals surface area contributed by atoms with Crippen LogP contribution in [-0.4, -0.2) is 11.6 Å². The average Bonchev–Trinajstić information content (AvgIpc) is 2.75. The molecule has 2 aliphatic rings. The average molecular weight is 250 g/mol. The zero-order chi connectivity index (χ0) is 13.6. The molecule has 0 radical (unpaired) electrons. The van der Waals surface area contributed by atoms with Crippen LogP contribution in [-0.2, 0) is 9.53 Å². The molecule has 0 spiro atoms. The second-order valence-electron chi connectivity index (χ2n) is 7.63. The summed E-state index contributed by atoms with van der Waals surface area (Å²) < 4.78 is 5.54. The number of hydrogen-bond donors (Lipinski definition) is 0. The molecule has 1 fully saturated rings. The molecule has 1 saturated carbocycles. The lowest BCUT2D eigenvalue weighted by molar-refractivity contribution is -0.166. The molecule has 3 atom stereocenters. The SMILES string of the molecule is CC(C)(C)OC(=O)C(C)(C)CC1CC2C=CC1C2. The smallest absolute Gasteiger partial charge is 0.312 e. The number of allylic oxidation sites excluding steroid dienone is 2. The van der Waals surface area contributed by atoms with Gasteiger partial charge in [0.1, 0.15) is 5.60 Å². The van der Waals surface area contributed by atoms with Gasteiger partial charge in [-0.15, -0.1) is 0 Å². The van der Waals surface area contributed by atoms with E-state index < -0.39 is 0 Å². The van der Waals surface area contributed by atoms with Gasteiger partial charge in [0.2, 0.25) is 0 Å². The minimum Gasteiger partial charge on any atom is -0.460 e. The molecule has 0 aromatic carbocycles. The summed E-state index contributed by atoms with van der Waals surface area (Å²) in [6.07, 6.45) is 8.21. The Bertz CT molecular complexity index is 360. The maximum Gasteiger partial charge on any atom is 0.312 e. The number of carbonyl (C=O) groups is 1. The molecule has 2 heteroatoms. The van der Waals surface area contributed by atoms with Crippen LogP contribution < -0.4 is 0 Å². The Morgan fingerprint density at radius 2 is 1.83 bits per heavy atom. The molecule has 18 heavy (non-hydrogen) atoms. The molecule has 0 aromatic rings. The van der Waals surface area contributed by atoms with E-state index in [0.717, 1.165) is 12.3 Å². The molecule has 2 bridgehead atoms. The molecular formula is C16H26O2. The second kappa shape index (κ2) is 4.40. The quantitative estimate of drug-likeness (QED) is 0.560. The summed E-state index contributed by atoms with van der Waals surface area (Å²) in [7, 11) is 0. The van der Waals surface area contributed by atoms with E-state index in [4.69, 9.17) is 4.74 Å². The van der Waals surface area contributed by atoms with Gasteiger partial charge >= 0.3 is 5.97 Å². The summed E-state index contributed by atoms with van der Waals surface area (Å²) in [5.74, 6) is 2.09. The van der Waals surface area contributed by atoms with E-state index >= 15 is 0 Å². The highest BCUT2D eigenvalue weighted by atomic mass is 16.6. The number of hydrogen-bond acceptors (Lipinski definition) is 2. The van der Waals surface area contributed by atoms with Crippen LogP contribution in [0.5, 0.6) is 0 Å². The Kier molecular flexibility index (Phi) is 3.33. The van der Waals surface area contributed by atoms with E-state index in [1.54, 1.807) is 0 Å². The highest BCUT2D eigenvalue weighted by Crippen LogP contribution is 2.48. The molecule has 0 heterocycles. The summed E-state index contributed by atoms with van der Waals surface area (Å²) in [5, 5.41) is 0. The first-order valence-electron chi connectivity index (χ1n) is 7.09. The summed E-state index contributed by atoms with van der Waals surface area (Å²) >= 11 is 0. The third kappa shape index (κ3) is 2.96. The van der Waals surface area contributed by atoms with Crippen molar-refractivity contribution in [1.29, 1.82) is 0 Å². The van der Waals surface area contributed by atoms with Crippen molar-refractivity contribution in [3.8, 4) is 0 Å². The van der Waals surface area contributed by atoms with Gasteiger partial charge in [0.25, 0.3) is 0 Å². The molecule has 102 valence electrons. The summed E-state index contributed by atoms with van der Waals surface area (Å²) in [6.45, 7) is 9.84. The molecule has 0 amide bonds. The van der Waals surface area contributed by atoms with Gasteiger partial charge in [0.15, 0.2) is 0 Å². The number of rotatable bonds is 3. The second-order valence-corrected chi connectivity index (χ2v) is 7.63. The van der Waals surface area contributed by atoms with Crippen LogP contribution in [0.3, 0.4) is 0 Å². The van der Waals surface area contributed by atoms with Crippen LogP contribution in [0.4, 0.5) is 0 Å². The minimum atomic E-state index is -0.386. The molecule has 0 aliphatic heterocycles. The van der Waals surface area contributed by atoms with E-state index in [-0.39, 0.29) is 17.0 Å². The van der Waals surface area contributed by atoms with Gasteiger partial charge in [0, 0.05) is 0 Å². The first-order valence-corrected chi connectivity index (χ1v) is 7.09. The van der Waals surface area contributed by atoms with Crippen LogP contribution in [0.1, 0.15) is 53.9 Å². The van der Waals surface area contributed by atoms with Gasteiger partial charge in [-0.1, -0.05) is 12.2 Å². The Morgan fingerprint density at radius 3 is 2.28 bits per heavy atom. The molecule has 2 nitrogen and oxygen atoms in total. The lowest BCUT2D eigenvalue weighted by Crippen LogP contribution is -2.35. The van der Waals surface area contributed by atoms with Gasteiger partial charge < -0.3 is 4.74 Å². The van der Waals surface area contributed by atoms with Crippen LogP contribution in [0.25, 0.3) is 0 Å². The molecule has 3 unspecified atom stereocenters. The summed E-state index contributed by atoms with van der Waals surface area (Å²) in [4.78, 5) is 12.2. The third-order valence-corrected chi connectivity index (χ3v) is 4.14. The zero-order valence-electron chi connectivity index (χ0n) is 12.3. The van der Waals surface area contributed by atoms with Crippen molar-refractivity contribution in [3.63, 3.8) is 0 Å². The van der Waals surface area contributed by atoms with Crippen molar-refractivity contribution in [2.45, 2.75) is 59.5 Å². The van der Waals surface area contributed by atoms with Crippen LogP contribution in [0.2, 0.25) is 0 Å². The van der Waals surface area contributed by atoms with E-state index in [1.807, 2.05) is 34.6 Å². The van der Waals surface area contributed by atoms with Crippen LogP contribution in [0.15, 0.2) is 12.2 Å². The number of ether oxygens (including phenoxy) is 1. The fourth-order valence-corrected chi connectivity index (χ4v) is 3.28. The largest absolute Gasteiger partial charge is 0.460 e. The van der Waals surface area contributed by atoms with Crippen molar-refractivity contribution in [2.75, 3.05) is 0 Å².